The van der Waals surface area contributed by atoms with Crippen molar-refractivity contribution >= 4 is 5.91 Å². The second-order valence-electron chi connectivity index (χ2n) is 5.46. The molecule has 0 radical (unpaired) electrons. The third kappa shape index (κ3) is 3.19. The minimum absolute atomic E-state index is 0.0435. The van der Waals surface area contributed by atoms with Crippen LogP contribution in [0, 0.1) is 0 Å². The fourth-order valence-corrected chi connectivity index (χ4v) is 2.89. The van der Waals surface area contributed by atoms with Crippen molar-refractivity contribution in [2.75, 3.05) is 13.2 Å². The second-order valence-corrected chi connectivity index (χ2v) is 5.46. The van der Waals surface area contributed by atoms with Crippen molar-refractivity contribution in [3.05, 3.63) is 48.7 Å². The van der Waals surface area contributed by atoms with Crippen LogP contribution < -0.4 is 5.32 Å². The molecule has 1 fully saturated rings. The van der Waals surface area contributed by atoms with Crippen molar-refractivity contribution in [3.8, 4) is 0 Å². The Morgan fingerprint density at radius 3 is 2.67 bits per heavy atom. The second kappa shape index (κ2) is 6.18. The molecule has 3 heterocycles. The highest BCUT2D eigenvalue weighted by atomic mass is 16.5. The van der Waals surface area contributed by atoms with Crippen LogP contribution in [-0.2, 0) is 21.6 Å². The maximum Gasteiger partial charge on any atom is 0.222 e. The van der Waals surface area contributed by atoms with Gasteiger partial charge in [-0.05, 0) is 37.1 Å². The predicted molar refractivity (Wildman–Crippen MR) is 77.6 cm³/mol. The number of hydrogen-bond donors (Lipinski definition) is 1. The van der Waals surface area contributed by atoms with Gasteiger partial charge in [-0.2, -0.15) is 0 Å². The SMILES string of the molecule is O=C(CC1(n2cccc2)CCOCC1)NCc1ccco1. The van der Waals surface area contributed by atoms with E-state index in [1.54, 1.807) is 6.26 Å². The van der Waals surface area contributed by atoms with E-state index in [-0.39, 0.29) is 11.4 Å². The van der Waals surface area contributed by atoms with Crippen LogP contribution in [0.4, 0.5) is 0 Å². The molecular weight excluding hydrogens is 268 g/mol. The smallest absolute Gasteiger partial charge is 0.222 e. The molecule has 1 N–H and O–H groups in total. The highest BCUT2D eigenvalue weighted by Crippen LogP contribution is 2.32. The molecule has 0 saturated carbocycles. The van der Waals surface area contributed by atoms with Gasteiger partial charge in [-0.25, -0.2) is 0 Å². The van der Waals surface area contributed by atoms with Crippen molar-refractivity contribution in [1.82, 2.24) is 9.88 Å². The molecule has 1 aliphatic rings. The van der Waals surface area contributed by atoms with Crippen LogP contribution in [0.5, 0.6) is 0 Å². The first-order valence-electron chi connectivity index (χ1n) is 7.29. The first-order chi connectivity index (χ1) is 10.3. The zero-order valence-corrected chi connectivity index (χ0v) is 12.0. The van der Waals surface area contributed by atoms with E-state index in [9.17, 15) is 4.79 Å². The Morgan fingerprint density at radius 2 is 2.00 bits per heavy atom. The van der Waals surface area contributed by atoms with Gasteiger partial charge in [0.25, 0.3) is 0 Å². The number of ether oxygens (including phenoxy) is 1. The van der Waals surface area contributed by atoms with Crippen molar-refractivity contribution < 1.29 is 13.9 Å². The van der Waals surface area contributed by atoms with Gasteiger partial charge in [0.1, 0.15) is 5.76 Å². The lowest BCUT2D eigenvalue weighted by molar-refractivity contribution is -0.124. The maximum atomic E-state index is 12.3. The van der Waals surface area contributed by atoms with Crippen LogP contribution >= 0.6 is 0 Å². The van der Waals surface area contributed by atoms with Gasteiger partial charge in [-0.15, -0.1) is 0 Å². The lowest BCUT2D eigenvalue weighted by Gasteiger charge is -2.38. The molecule has 0 bridgehead atoms. The van der Waals surface area contributed by atoms with E-state index in [1.807, 2.05) is 36.7 Å². The molecule has 1 amide bonds. The largest absolute Gasteiger partial charge is 0.467 e. The first-order valence-corrected chi connectivity index (χ1v) is 7.29. The Labute approximate surface area is 123 Å². The lowest BCUT2D eigenvalue weighted by atomic mass is 9.86. The molecule has 3 rings (SSSR count). The van der Waals surface area contributed by atoms with E-state index in [0.29, 0.717) is 26.2 Å². The van der Waals surface area contributed by atoms with E-state index in [4.69, 9.17) is 9.15 Å². The van der Waals surface area contributed by atoms with Gasteiger partial charge in [0.2, 0.25) is 5.91 Å². The van der Waals surface area contributed by atoms with E-state index < -0.39 is 0 Å². The van der Waals surface area contributed by atoms with E-state index >= 15 is 0 Å². The molecule has 0 spiro atoms. The average Bonchev–Trinajstić information content (AvgIpc) is 3.20. The van der Waals surface area contributed by atoms with Gasteiger partial charge in [-0.3, -0.25) is 4.79 Å². The predicted octanol–water partition coefficient (Wildman–Crippen LogP) is 2.29. The molecule has 0 aliphatic carbocycles. The molecule has 0 aromatic carbocycles. The minimum Gasteiger partial charge on any atom is -0.467 e. The number of nitrogens with one attached hydrogen (secondary N) is 1. The van der Waals surface area contributed by atoms with E-state index in [0.717, 1.165) is 18.6 Å². The summed E-state index contributed by atoms with van der Waals surface area (Å²) in [7, 11) is 0. The number of carbonyl (C=O) groups excluding carboxylic acids is 1. The van der Waals surface area contributed by atoms with E-state index in [1.165, 1.54) is 0 Å². The highest BCUT2D eigenvalue weighted by Gasteiger charge is 2.36. The normalized spacial score (nSPS) is 17.5. The van der Waals surface area contributed by atoms with Gasteiger partial charge >= 0.3 is 0 Å². The van der Waals surface area contributed by atoms with E-state index in [2.05, 4.69) is 9.88 Å². The van der Waals surface area contributed by atoms with Crippen molar-refractivity contribution in [1.29, 1.82) is 0 Å². The third-order valence-corrected chi connectivity index (χ3v) is 4.11. The Morgan fingerprint density at radius 1 is 1.24 bits per heavy atom. The summed E-state index contributed by atoms with van der Waals surface area (Å²) >= 11 is 0. The Kier molecular flexibility index (Phi) is 4.10. The van der Waals surface area contributed by atoms with Crippen LogP contribution in [0.1, 0.15) is 25.0 Å². The fourth-order valence-electron chi connectivity index (χ4n) is 2.89. The minimum atomic E-state index is -0.172. The van der Waals surface area contributed by atoms with Gasteiger partial charge < -0.3 is 19.0 Å². The number of furan rings is 1. The van der Waals surface area contributed by atoms with Gasteiger partial charge in [0.05, 0.1) is 24.8 Å². The van der Waals surface area contributed by atoms with Crippen molar-refractivity contribution in [2.45, 2.75) is 31.3 Å². The van der Waals surface area contributed by atoms with Gasteiger partial charge in [0.15, 0.2) is 0 Å². The molecule has 5 heteroatoms. The summed E-state index contributed by atoms with van der Waals surface area (Å²) in [5.41, 5.74) is -0.172. The molecule has 1 aliphatic heterocycles. The monoisotopic (exact) mass is 288 g/mol. The molecule has 2 aromatic heterocycles. The molecule has 0 atom stereocenters. The van der Waals surface area contributed by atoms with Crippen molar-refractivity contribution in [3.63, 3.8) is 0 Å². The Hall–Kier alpha value is -2.01. The summed E-state index contributed by atoms with van der Waals surface area (Å²) in [5.74, 6) is 0.812. The molecular formula is C16H20N2O3. The summed E-state index contributed by atoms with van der Waals surface area (Å²) in [6, 6.07) is 7.67. The average molecular weight is 288 g/mol. The Bertz CT molecular complexity index is 554. The Balaban J connectivity index is 1.65. The number of carbonyl (C=O) groups is 1. The van der Waals surface area contributed by atoms with Crippen LogP contribution in [0.15, 0.2) is 47.3 Å². The highest BCUT2D eigenvalue weighted by molar-refractivity contribution is 5.76. The van der Waals surface area contributed by atoms with Crippen LogP contribution in [-0.4, -0.2) is 23.7 Å². The zero-order chi connectivity index (χ0) is 14.5. The standard InChI is InChI=1S/C16H20N2O3/c19-15(17-13-14-4-3-9-21-14)12-16(5-10-20-11-6-16)18-7-1-2-8-18/h1-4,7-9H,5-6,10-13H2,(H,17,19). The van der Waals surface area contributed by atoms with Gasteiger partial charge in [-0.1, -0.05) is 0 Å². The molecule has 21 heavy (non-hydrogen) atoms. The maximum absolute atomic E-state index is 12.3. The van der Waals surface area contributed by atoms with Crippen LogP contribution in [0.3, 0.4) is 0 Å². The van der Waals surface area contributed by atoms with Gasteiger partial charge in [0, 0.05) is 25.6 Å². The summed E-state index contributed by atoms with van der Waals surface area (Å²) in [5, 5.41) is 2.93. The topological polar surface area (TPSA) is 56.4 Å². The fraction of sp³-hybridized carbons (Fsp3) is 0.438. The summed E-state index contributed by atoms with van der Waals surface area (Å²) in [6.45, 7) is 1.83. The van der Waals surface area contributed by atoms with Crippen molar-refractivity contribution in [2.24, 2.45) is 0 Å². The number of hydrogen-bond acceptors (Lipinski definition) is 3. The summed E-state index contributed by atoms with van der Waals surface area (Å²) in [4.78, 5) is 12.3. The van der Waals surface area contributed by atoms with Crippen LogP contribution in [0.25, 0.3) is 0 Å². The third-order valence-electron chi connectivity index (χ3n) is 4.11. The number of amides is 1. The summed E-state index contributed by atoms with van der Waals surface area (Å²) in [6.07, 6.45) is 7.86. The lowest BCUT2D eigenvalue weighted by Crippen LogP contribution is -2.43. The molecule has 2 aromatic rings. The molecule has 5 nitrogen and oxygen atoms in total. The molecule has 112 valence electrons. The zero-order valence-electron chi connectivity index (χ0n) is 12.0. The number of aromatic nitrogens is 1. The molecule has 0 unspecified atom stereocenters. The van der Waals surface area contributed by atoms with Crippen LogP contribution in [0.2, 0.25) is 0 Å². The quantitative estimate of drug-likeness (QED) is 0.918. The number of rotatable bonds is 5. The molecule has 1 saturated heterocycles. The number of nitrogens with zero attached hydrogens (tertiary/aromatic N) is 1. The first kappa shape index (κ1) is 13.9. The summed E-state index contributed by atoms with van der Waals surface area (Å²) < 4.78 is 12.8.